The molecule has 1 fully saturated rings. The van der Waals surface area contributed by atoms with Crippen molar-refractivity contribution in [3.8, 4) is 0 Å². The van der Waals surface area contributed by atoms with Crippen LogP contribution in [0.1, 0.15) is 19.3 Å². The maximum atomic E-state index is 12.2. The van der Waals surface area contributed by atoms with Crippen molar-refractivity contribution >= 4 is 34.1 Å². The highest BCUT2D eigenvalue weighted by atomic mass is 35.5. The first-order chi connectivity index (χ1) is 10.2. The minimum absolute atomic E-state index is 0.0520. The molecule has 21 heavy (non-hydrogen) atoms. The van der Waals surface area contributed by atoms with Gasteiger partial charge in [0.1, 0.15) is 0 Å². The monoisotopic (exact) mass is 303 g/mol. The number of rotatable bonds is 3. The van der Waals surface area contributed by atoms with Gasteiger partial charge in [0.05, 0.1) is 16.2 Å². The van der Waals surface area contributed by atoms with Gasteiger partial charge in [0.15, 0.2) is 0 Å². The molecule has 0 aliphatic carbocycles. The Morgan fingerprint density at radius 3 is 3.14 bits per heavy atom. The zero-order valence-corrected chi connectivity index (χ0v) is 12.5. The number of aromatic nitrogens is 1. The maximum Gasteiger partial charge on any atom is 0.224 e. The van der Waals surface area contributed by atoms with Gasteiger partial charge in [0.25, 0.3) is 0 Å². The molecule has 1 aromatic heterocycles. The lowest BCUT2D eigenvalue weighted by atomic mass is 9.96. The highest BCUT2D eigenvalue weighted by Gasteiger charge is 2.17. The van der Waals surface area contributed by atoms with Crippen molar-refractivity contribution in [1.82, 2.24) is 10.3 Å². The summed E-state index contributed by atoms with van der Waals surface area (Å²) in [6, 6.07) is 7.38. The van der Waals surface area contributed by atoms with E-state index in [1.807, 2.05) is 18.2 Å². The molecule has 1 aliphatic heterocycles. The summed E-state index contributed by atoms with van der Waals surface area (Å²) in [5.41, 5.74) is 1.49. The van der Waals surface area contributed by atoms with Crippen LogP contribution in [0.25, 0.3) is 10.9 Å². The first-order valence-corrected chi connectivity index (χ1v) is 7.65. The third-order valence-electron chi connectivity index (χ3n) is 3.87. The molecule has 4 nitrogen and oxygen atoms in total. The summed E-state index contributed by atoms with van der Waals surface area (Å²) < 4.78 is 0. The van der Waals surface area contributed by atoms with Crippen molar-refractivity contribution in [2.45, 2.75) is 19.3 Å². The highest BCUT2D eigenvalue weighted by Crippen LogP contribution is 2.28. The van der Waals surface area contributed by atoms with E-state index in [1.165, 1.54) is 0 Å². The number of piperidine rings is 1. The van der Waals surface area contributed by atoms with Gasteiger partial charge >= 0.3 is 0 Å². The Hall–Kier alpha value is -1.65. The van der Waals surface area contributed by atoms with Crippen molar-refractivity contribution in [3.05, 3.63) is 35.5 Å². The molecule has 0 spiro atoms. The molecule has 110 valence electrons. The largest absolute Gasteiger partial charge is 0.325 e. The normalized spacial score (nSPS) is 18.6. The Kier molecular flexibility index (Phi) is 4.36. The van der Waals surface area contributed by atoms with Crippen LogP contribution in [0.2, 0.25) is 5.02 Å². The summed E-state index contributed by atoms with van der Waals surface area (Å²) in [6.07, 6.45) is 4.51. The van der Waals surface area contributed by atoms with Gasteiger partial charge in [-0.1, -0.05) is 11.6 Å². The van der Waals surface area contributed by atoms with Crippen molar-refractivity contribution < 1.29 is 4.79 Å². The number of hydrogen-bond donors (Lipinski definition) is 2. The zero-order chi connectivity index (χ0) is 14.7. The van der Waals surface area contributed by atoms with Crippen LogP contribution in [0.15, 0.2) is 30.5 Å². The number of nitrogens with zero attached hydrogens (tertiary/aromatic N) is 1. The van der Waals surface area contributed by atoms with Gasteiger partial charge in [-0.05, 0) is 56.1 Å². The molecule has 3 rings (SSSR count). The van der Waals surface area contributed by atoms with Gasteiger partial charge in [-0.3, -0.25) is 9.78 Å². The van der Waals surface area contributed by atoms with Gasteiger partial charge in [0.2, 0.25) is 5.91 Å². The van der Waals surface area contributed by atoms with E-state index in [2.05, 4.69) is 15.6 Å². The predicted octanol–water partition coefficient (Wildman–Crippen LogP) is 3.22. The Labute approximate surface area is 128 Å². The van der Waals surface area contributed by atoms with E-state index in [-0.39, 0.29) is 5.91 Å². The number of amides is 1. The topological polar surface area (TPSA) is 54.0 Å². The first-order valence-electron chi connectivity index (χ1n) is 7.28. The van der Waals surface area contributed by atoms with E-state index >= 15 is 0 Å². The molecule has 0 saturated carbocycles. The average molecular weight is 304 g/mol. The van der Waals surface area contributed by atoms with Crippen molar-refractivity contribution in [2.24, 2.45) is 5.92 Å². The number of nitrogens with one attached hydrogen (secondary N) is 2. The molecule has 1 aromatic carbocycles. The molecule has 2 N–H and O–H groups in total. The van der Waals surface area contributed by atoms with E-state index in [0.717, 1.165) is 42.5 Å². The minimum Gasteiger partial charge on any atom is -0.325 e. The number of halogens is 1. The maximum absolute atomic E-state index is 12.2. The molecule has 1 amide bonds. The quantitative estimate of drug-likeness (QED) is 0.915. The van der Waals surface area contributed by atoms with Crippen LogP contribution in [0.4, 0.5) is 5.69 Å². The summed E-state index contributed by atoms with van der Waals surface area (Å²) in [5, 5.41) is 7.80. The minimum atomic E-state index is 0.0520. The SMILES string of the molecule is O=C(CC1CCCNC1)Nc1ccc(Cl)c2ncccc12. The number of fused-ring (bicyclic) bond motifs is 1. The molecule has 0 radical (unpaired) electrons. The molecule has 5 heteroatoms. The standard InChI is InChI=1S/C16H18ClN3O/c17-13-5-6-14(12-4-2-8-19-16(12)13)20-15(21)9-11-3-1-7-18-10-11/h2,4-6,8,11,18H,1,3,7,9-10H2,(H,20,21). The summed E-state index contributed by atoms with van der Waals surface area (Å²) in [6.45, 7) is 1.99. The molecule has 1 atom stereocenters. The molecule has 2 heterocycles. The Morgan fingerprint density at radius 2 is 2.33 bits per heavy atom. The summed E-state index contributed by atoms with van der Waals surface area (Å²) in [5.74, 6) is 0.478. The summed E-state index contributed by atoms with van der Waals surface area (Å²) in [4.78, 5) is 16.5. The van der Waals surface area contributed by atoms with Crippen LogP contribution in [0, 0.1) is 5.92 Å². The van der Waals surface area contributed by atoms with E-state index < -0.39 is 0 Å². The van der Waals surface area contributed by atoms with Crippen molar-refractivity contribution in [2.75, 3.05) is 18.4 Å². The third kappa shape index (κ3) is 3.34. The van der Waals surface area contributed by atoms with Gasteiger partial charge in [-0.15, -0.1) is 0 Å². The molecule has 1 unspecified atom stereocenters. The van der Waals surface area contributed by atoms with Gasteiger partial charge < -0.3 is 10.6 Å². The summed E-state index contributed by atoms with van der Waals surface area (Å²) in [7, 11) is 0. The van der Waals surface area contributed by atoms with E-state index in [9.17, 15) is 4.79 Å². The second-order valence-corrected chi connectivity index (χ2v) is 5.87. The van der Waals surface area contributed by atoms with Gasteiger partial charge in [0, 0.05) is 18.0 Å². The molecule has 1 aliphatic rings. The number of hydrogen-bond acceptors (Lipinski definition) is 3. The zero-order valence-electron chi connectivity index (χ0n) is 11.7. The van der Waals surface area contributed by atoms with Crippen LogP contribution in [-0.4, -0.2) is 24.0 Å². The number of pyridine rings is 1. The number of benzene rings is 1. The predicted molar refractivity (Wildman–Crippen MR) is 85.6 cm³/mol. The first kappa shape index (κ1) is 14.3. The third-order valence-corrected chi connectivity index (χ3v) is 4.17. The Morgan fingerprint density at radius 1 is 1.43 bits per heavy atom. The van der Waals surface area contributed by atoms with Crippen LogP contribution >= 0.6 is 11.6 Å². The molecular weight excluding hydrogens is 286 g/mol. The van der Waals surface area contributed by atoms with Crippen LogP contribution in [0.3, 0.4) is 0 Å². The number of anilines is 1. The van der Waals surface area contributed by atoms with Gasteiger partial charge in [-0.2, -0.15) is 0 Å². The van der Waals surface area contributed by atoms with Crippen LogP contribution in [-0.2, 0) is 4.79 Å². The number of carbonyl (C=O) groups is 1. The fourth-order valence-electron chi connectivity index (χ4n) is 2.81. The fraction of sp³-hybridized carbons (Fsp3) is 0.375. The molecule has 0 bridgehead atoms. The number of carbonyl (C=O) groups excluding carboxylic acids is 1. The lowest BCUT2D eigenvalue weighted by molar-refractivity contribution is -0.117. The van der Waals surface area contributed by atoms with E-state index in [0.29, 0.717) is 17.4 Å². The lowest BCUT2D eigenvalue weighted by Crippen LogP contribution is -2.32. The van der Waals surface area contributed by atoms with Crippen molar-refractivity contribution in [1.29, 1.82) is 0 Å². The highest BCUT2D eigenvalue weighted by molar-refractivity contribution is 6.35. The smallest absolute Gasteiger partial charge is 0.224 e. The molecular formula is C16H18ClN3O. The average Bonchev–Trinajstić information content (AvgIpc) is 2.51. The second kappa shape index (κ2) is 6.41. The van der Waals surface area contributed by atoms with Crippen LogP contribution in [0.5, 0.6) is 0 Å². The van der Waals surface area contributed by atoms with Crippen LogP contribution < -0.4 is 10.6 Å². The molecule has 2 aromatic rings. The summed E-state index contributed by atoms with van der Waals surface area (Å²) >= 11 is 6.14. The van der Waals surface area contributed by atoms with Gasteiger partial charge in [-0.25, -0.2) is 0 Å². The second-order valence-electron chi connectivity index (χ2n) is 5.46. The Balaban J connectivity index is 1.75. The van der Waals surface area contributed by atoms with E-state index in [1.54, 1.807) is 12.3 Å². The van der Waals surface area contributed by atoms with Crippen molar-refractivity contribution in [3.63, 3.8) is 0 Å². The lowest BCUT2D eigenvalue weighted by Gasteiger charge is -2.22. The Bertz CT molecular complexity index is 653. The van der Waals surface area contributed by atoms with E-state index in [4.69, 9.17) is 11.6 Å². The fourth-order valence-corrected chi connectivity index (χ4v) is 3.02. The molecule has 1 saturated heterocycles.